The fourth-order valence-corrected chi connectivity index (χ4v) is 3.18. The molecule has 0 fully saturated rings. The molecule has 0 aliphatic heterocycles. The van der Waals surface area contributed by atoms with Gasteiger partial charge in [0, 0.05) is 36.0 Å². The fourth-order valence-electron chi connectivity index (χ4n) is 3.18. The highest BCUT2D eigenvalue weighted by Crippen LogP contribution is 2.26. The number of rotatable bonds is 7. The van der Waals surface area contributed by atoms with E-state index in [1.165, 1.54) is 12.1 Å². The molecule has 0 aliphatic carbocycles. The summed E-state index contributed by atoms with van der Waals surface area (Å²) in [5.74, 6) is 0.748. The van der Waals surface area contributed by atoms with Crippen LogP contribution >= 0.6 is 0 Å². The first kappa shape index (κ1) is 24.3. The van der Waals surface area contributed by atoms with E-state index < -0.39 is 12.4 Å². The molecule has 8 nitrogen and oxygen atoms in total. The summed E-state index contributed by atoms with van der Waals surface area (Å²) in [5.41, 5.74) is 2.53. The Kier molecular flexibility index (Phi) is 7.19. The fraction of sp³-hybridized carbons (Fsp3) is 0.0800. The number of nitrogens with zero attached hydrogens (tertiary/aromatic N) is 3. The number of halogens is 3. The van der Waals surface area contributed by atoms with Crippen LogP contribution in [-0.2, 0) is 0 Å². The summed E-state index contributed by atoms with van der Waals surface area (Å²) in [6.45, 7) is 0. The number of urea groups is 1. The number of aromatic nitrogens is 2. The summed E-state index contributed by atoms with van der Waals surface area (Å²) >= 11 is 0. The number of alkyl halides is 3. The van der Waals surface area contributed by atoms with Gasteiger partial charge in [-0.05, 0) is 66.7 Å². The summed E-state index contributed by atoms with van der Waals surface area (Å²) in [4.78, 5) is 22.9. The second-order valence-electron chi connectivity index (χ2n) is 7.49. The van der Waals surface area contributed by atoms with E-state index >= 15 is 0 Å². The van der Waals surface area contributed by atoms with Crippen LogP contribution in [0.1, 0.15) is 0 Å². The van der Waals surface area contributed by atoms with Gasteiger partial charge < -0.3 is 25.6 Å². The van der Waals surface area contributed by atoms with Gasteiger partial charge in [0.15, 0.2) is 0 Å². The number of anilines is 6. The minimum atomic E-state index is -4.78. The Labute approximate surface area is 204 Å². The number of para-hydroxylation sites is 1. The lowest BCUT2D eigenvalue weighted by molar-refractivity contribution is -0.274. The zero-order chi connectivity index (χ0) is 25.5. The van der Waals surface area contributed by atoms with Gasteiger partial charge in [0.25, 0.3) is 0 Å². The summed E-state index contributed by atoms with van der Waals surface area (Å²) in [6.07, 6.45) is -3.12. The molecule has 11 heteroatoms. The van der Waals surface area contributed by atoms with Crippen molar-refractivity contribution in [2.75, 3.05) is 27.9 Å². The lowest BCUT2D eigenvalue weighted by atomic mass is 10.2. The van der Waals surface area contributed by atoms with Crippen molar-refractivity contribution in [2.45, 2.75) is 6.36 Å². The van der Waals surface area contributed by atoms with Crippen LogP contribution in [0.3, 0.4) is 0 Å². The van der Waals surface area contributed by atoms with E-state index in [2.05, 4.69) is 30.7 Å². The van der Waals surface area contributed by atoms with Gasteiger partial charge in [0.1, 0.15) is 11.6 Å². The van der Waals surface area contributed by atoms with Crippen LogP contribution in [0.2, 0.25) is 0 Å². The van der Waals surface area contributed by atoms with E-state index in [1.807, 2.05) is 54.4 Å². The number of benzene rings is 3. The molecule has 1 aromatic heterocycles. The zero-order valence-electron chi connectivity index (χ0n) is 19.0. The Morgan fingerprint density at radius 3 is 2.06 bits per heavy atom. The Morgan fingerprint density at radius 1 is 0.833 bits per heavy atom. The van der Waals surface area contributed by atoms with Gasteiger partial charge in [-0.2, -0.15) is 4.98 Å². The topological polar surface area (TPSA) is 91.4 Å². The Morgan fingerprint density at radius 2 is 1.44 bits per heavy atom. The molecule has 0 saturated heterocycles. The van der Waals surface area contributed by atoms with Crippen LogP contribution in [0.25, 0.3) is 0 Å². The first-order valence-corrected chi connectivity index (χ1v) is 10.7. The molecule has 0 saturated carbocycles. The van der Waals surface area contributed by atoms with Crippen LogP contribution in [0, 0.1) is 0 Å². The van der Waals surface area contributed by atoms with E-state index in [0.29, 0.717) is 23.1 Å². The van der Waals surface area contributed by atoms with Crippen LogP contribution in [-0.4, -0.2) is 29.4 Å². The third-order valence-electron chi connectivity index (χ3n) is 4.87. The van der Waals surface area contributed by atoms with Crippen molar-refractivity contribution in [1.29, 1.82) is 0 Å². The highest BCUT2D eigenvalue weighted by Gasteiger charge is 2.30. The van der Waals surface area contributed by atoms with E-state index in [1.54, 1.807) is 24.4 Å². The molecule has 0 atom stereocenters. The number of hydrogen-bond acceptors (Lipinski definition) is 6. The van der Waals surface area contributed by atoms with Crippen molar-refractivity contribution in [1.82, 2.24) is 9.97 Å². The summed E-state index contributed by atoms with van der Waals surface area (Å²) in [7, 11) is 1.86. The molecule has 3 aromatic carbocycles. The molecule has 1 heterocycles. The summed E-state index contributed by atoms with van der Waals surface area (Å²) in [5, 5.41) is 8.37. The number of amides is 2. The third-order valence-corrected chi connectivity index (χ3v) is 4.87. The standard InChI is InChI=1S/C25H21F3N6O2/c1-34(22-15-16-29-23(33-22)30-17-5-3-2-4-6-17)20-11-7-18(8-12-20)31-24(35)32-19-9-13-21(14-10-19)36-25(26,27)28/h2-16H,1H3,(H,29,30,33)(H2,31,32,35). The average molecular weight is 494 g/mol. The van der Waals surface area contributed by atoms with Gasteiger partial charge in [-0.15, -0.1) is 13.2 Å². The molecule has 0 unspecified atom stereocenters. The number of hydrogen-bond donors (Lipinski definition) is 3. The maximum atomic E-state index is 12.3. The summed E-state index contributed by atoms with van der Waals surface area (Å²) in [6, 6.07) is 22.7. The van der Waals surface area contributed by atoms with Crippen molar-refractivity contribution in [2.24, 2.45) is 0 Å². The lowest BCUT2D eigenvalue weighted by Crippen LogP contribution is -2.20. The first-order chi connectivity index (χ1) is 17.2. The normalized spacial score (nSPS) is 10.9. The Balaban J connectivity index is 1.34. The van der Waals surface area contributed by atoms with Crippen molar-refractivity contribution in [3.63, 3.8) is 0 Å². The highest BCUT2D eigenvalue weighted by atomic mass is 19.4. The molecular weight excluding hydrogens is 473 g/mol. The molecule has 3 N–H and O–H groups in total. The molecule has 0 radical (unpaired) electrons. The van der Waals surface area contributed by atoms with Gasteiger partial charge in [-0.1, -0.05) is 18.2 Å². The number of carbonyl (C=O) groups excluding carboxylic acids is 1. The van der Waals surface area contributed by atoms with Crippen molar-refractivity contribution in [3.8, 4) is 5.75 Å². The van der Waals surface area contributed by atoms with Crippen molar-refractivity contribution >= 4 is 40.5 Å². The maximum Gasteiger partial charge on any atom is 0.573 e. The molecular formula is C25H21F3N6O2. The van der Waals surface area contributed by atoms with Gasteiger partial charge in [0.05, 0.1) is 0 Å². The highest BCUT2D eigenvalue weighted by molar-refractivity contribution is 5.99. The quantitative estimate of drug-likeness (QED) is 0.271. The molecule has 4 rings (SSSR count). The second-order valence-corrected chi connectivity index (χ2v) is 7.49. The minimum Gasteiger partial charge on any atom is -0.406 e. The minimum absolute atomic E-state index is 0.307. The van der Waals surface area contributed by atoms with Crippen molar-refractivity contribution in [3.05, 3.63) is 91.1 Å². The average Bonchev–Trinajstić information content (AvgIpc) is 2.85. The molecule has 36 heavy (non-hydrogen) atoms. The second kappa shape index (κ2) is 10.6. The Bertz CT molecular complexity index is 1300. The van der Waals surface area contributed by atoms with Gasteiger partial charge in [-0.3, -0.25) is 0 Å². The lowest BCUT2D eigenvalue weighted by Gasteiger charge is -2.19. The van der Waals surface area contributed by atoms with Crippen LogP contribution in [0.4, 0.5) is 52.5 Å². The third kappa shape index (κ3) is 6.86. The van der Waals surface area contributed by atoms with Gasteiger partial charge in [-0.25, -0.2) is 9.78 Å². The van der Waals surface area contributed by atoms with Crippen LogP contribution in [0.15, 0.2) is 91.1 Å². The Hall–Kier alpha value is -4.80. The van der Waals surface area contributed by atoms with E-state index in [-0.39, 0.29) is 5.75 Å². The predicted molar refractivity (Wildman–Crippen MR) is 132 cm³/mol. The van der Waals surface area contributed by atoms with Gasteiger partial charge >= 0.3 is 12.4 Å². The number of ether oxygens (including phenoxy) is 1. The summed E-state index contributed by atoms with van der Waals surface area (Å²) < 4.78 is 40.6. The molecule has 184 valence electrons. The maximum absolute atomic E-state index is 12.3. The number of nitrogens with one attached hydrogen (secondary N) is 3. The van der Waals surface area contributed by atoms with Crippen molar-refractivity contribution < 1.29 is 22.7 Å². The number of carbonyl (C=O) groups is 1. The molecule has 2 amide bonds. The zero-order valence-corrected chi connectivity index (χ0v) is 19.0. The molecule has 0 spiro atoms. The molecule has 0 bridgehead atoms. The SMILES string of the molecule is CN(c1ccc(NC(=O)Nc2ccc(OC(F)(F)F)cc2)cc1)c1ccnc(Nc2ccccc2)n1. The van der Waals surface area contributed by atoms with Gasteiger partial charge in [0.2, 0.25) is 5.95 Å². The van der Waals surface area contributed by atoms with E-state index in [4.69, 9.17) is 0 Å². The monoisotopic (exact) mass is 494 g/mol. The van der Waals surface area contributed by atoms with Crippen LogP contribution < -0.4 is 25.6 Å². The molecule has 0 aliphatic rings. The largest absolute Gasteiger partial charge is 0.573 e. The first-order valence-electron chi connectivity index (χ1n) is 10.7. The smallest absolute Gasteiger partial charge is 0.406 e. The van der Waals surface area contributed by atoms with Crippen LogP contribution in [0.5, 0.6) is 5.75 Å². The van der Waals surface area contributed by atoms with E-state index in [9.17, 15) is 18.0 Å². The predicted octanol–water partition coefficient (Wildman–Crippen LogP) is 6.53. The molecule has 4 aromatic rings. The van der Waals surface area contributed by atoms with E-state index in [0.717, 1.165) is 23.5 Å².